The molecule has 1 heterocycles. The van der Waals surface area contributed by atoms with Gasteiger partial charge in [-0.05, 0) is 18.2 Å². The van der Waals surface area contributed by atoms with Gasteiger partial charge in [0.1, 0.15) is 11.5 Å². The third kappa shape index (κ3) is 2.32. The first-order valence-electron chi connectivity index (χ1n) is 4.90. The number of rotatable bonds is 3. The van der Waals surface area contributed by atoms with Gasteiger partial charge in [-0.1, -0.05) is 0 Å². The normalized spacial score (nSPS) is 10.1. The Morgan fingerprint density at radius 2 is 2.22 bits per heavy atom. The summed E-state index contributed by atoms with van der Waals surface area (Å²) in [6.07, 6.45) is 0. The van der Waals surface area contributed by atoms with Crippen molar-refractivity contribution in [2.45, 2.75) is 0 Å². The van der Waals surface area contributed by atoms with Crippen LogP contribution in [0.25, 0.3) is 0 Å². The third-order valence-electron chi connectivity index (χ3n) is 2.10. The highest BCUT2D eigenvalue weighted by Crippen LogP contribution is 2.22. The molecule has 0 saturated carbocycles. The molecule has 0 saturated heterocycles. The highest BCUT2D eigenvalue weighted by molar-refractivity contribution is 6.05. The van der Waals surface area contributed by atoms with E-state index in [4.69, 9.17) is 4.74 Å². The lowest BCUT2D eigenvalue weighted by Crippen LogP contribution is -2.13. The van der Waals surface area contributed by atoms with Crippen LogP contribution in [0.1, 0.15) is 10.4 Å². The first kappa shape index (κ1) is 11.7. The van der Waals surface area contributed by atoms with E-state index in [1.54, 1.807) is 0 Å². The Kier molecular flexibility index (Phi) is 3.00. The van der Waals surface area contributed by atoms with Crippen molar-refractivity contribution in [1.29, 1.82) is 0 Å². The van der Waals surface area contributed by atoms with Gasteiger partial charge in [0.05, 0.1) is 12.7 Å². The number of phenolic OH excluding ortho intramolecular Hbond substituents is 2. The minimum atomic E-state index is -0.637. The van der Waals surface area contributed by atoms with Gasteiger partial charge in [-0.25, -0.2) is 5.10 Å². The fourth-order valence-corrected chi connectivity index (χ4v) is 1.27. The zero-order valence-corrected chi connectivity index (χ0v) is 9.34. The van der Waals surface area contributed by atoms with E-state index in [0.717, 1.165) is 6.07 Å². The summed E-state index contributed by atoms with van der Waals surface area (Å²) in [5.41, 5.74) is -0.0784. The van der Waals surface area contributed by atoms with Crippen LogP contribution in [0.5, 0.6) is 17.5 Å². The number of aromatic nitrogens is 3. The van der Waals surface area contributed by atoms with Gasteiger partial charge in [-0.3, -0.25) is 10.1 Å². The molecule has 18 heavy (non-hydrogen) atoms. The number of carbonyl (C=O) groups is 1. The summed E-state index contributed by atoms with van der Waals surface area (Å²) in [4.78, 5) is 15.6. The molecule has 1 aromatic carbocycles. The molecule has 1 amide bonds. The summed E-state index contributed by atoms with van der Waals surface area (Å²) in [5.74, 6) is -0.952. The molecule has 0 unspecified atom stereocenters. The summed E-state index contributed by atoms with van der Waals surface area (Å²) >= 11 is 0. The molecule has 0 atom stereocenters. The van der Waals surface area contributed by atoms with Gasteiger partial charge < -0.3 is 14.9 Å². The Morgan fingerprint density at radius 1 is 1.44 bits per heavy atom. The predicted molar refractivity (Wildman–Crippen MR) is 60.7 cm³/mol. The lowest BCUT2D eigenvalue weighted by molar-refractivity contribution is 0.102. The molecule has 0 aliphatic carbocycles. The Labute approximate surface area is 101 Å². The number of amides is 1. The van der Waals surface area contributed by atoms with Crippen LogP contribution in [-0.4, -0.2) is 38.4 Å². The van der Waals surface area contributed by atoms with Crippen LogP contribution in [0.2, 0.25) is 0 Å². The molecular weight excluding hydrogens is 240 g/mol. The molecule has 2 aromatic rings. The number of H-pyrrole nitrogens is 1. The molecule has 94 valence electrons. The number of aromatic hydroxyl groups is 2. The minimum absolute atomic E-state index is 0.0691. The van der Waals surface area contributed by atoms with E-state index in [0.29, 0.717) is 0 Å². The van der Waals surface area contributed by atoms with Gasteiger partial charge in [0.15, 0.2) is 0 Å². The van der Waals surface area contributed by atoms with Crippen LogP contribution in [0.4, 0.5) is 5.95 Å². The van der Waals surface area contributed by atoms with Crippen LogP contribution in [-0.2, 0) is 0 Å². The number of hydrogen-bond acceptors (Lipinski definition) is 6. The maximum Gasteiger partial charge on any atom is 0.336 e. The first-order chi connectivity index (χ1) is 8.60. The number of methoxy groups -OCH3 is 1. The molecule has 8 nitrogen and oxygen atoms in total. The molecule has 1 aromatic heterocycles. The second-order valence-electron chi connectivity index (χ2n) is 3.33. The zero-order valence-electron chi connectivity index (χ0n) is 9.34. The monoisotopic (exact) mass is 250 g/mol. The van der Waals surface area contributed by atoms with Crippen molar-refractivity contribution >= 4 is 11.9 Å². The second kappa shape index (κ2) is 4.62. The molecular formula is C10H10N4O4. The van der Waals surface area contributed by atoms with Crippen molar-refractivity contribution in [2.24, 2.45) is 0 Å². The van der Waals surface area contributed by atoms with Gasteiger partial charge in [-0.2, -0.15) is 4.98 Å². The van der Waals surface area contributed by atoms with Gasteiger partial charge in [0.25, 0.3) is 5.91 Å². The van der Waals surface area contributed by atoms with Gasteiger partial charge in [-0.15, -0.1) is 5.10 Å². The molecule has 0 radical (unpaired) electrons. The summed E-state index contributed by atoms with van der Waals surface area (Å²) in [5, 5.41) is 27.2. The Hall–Kier alpha value is -2.77. The summed E-state index contributed by atoms with van der Waals surface area (Å²) in [6, 6.07) is 3.69. The molecule has 0 aliphatic heterocycles. The van der Waals surface area contributed by atoms with Crippen LogP contribution >= 0.6 is 0 Å². The van der Waals surface area contributed by atoms with Crippen LogP contribution in [0, 0.1) is 0 Å². The topological polar surface area (TPSA) is 120 Å². The fourth-order valence-electron chi connectivity index (χ4n) is 1.27. The van der Waals surface area contributed by atoms with Crippen LogP contribution < -0.4 is 10.1 Å². The van der Waals surface area contributed by atoms with Crippen molar-refractivity contribution in [1.82, 2.24) is 15.2 Å². The lowest BCUT2D eigenvalue weighted by atomic mass is 10.2. The smallest absolute Gasteiger partial charge is 0.336 e. The van der Waals surface area contributed by atoms with Gasteiger partial charge in [0, 0.05) is 0 Å². The Balaban J connectivity index is 2.19. The molecule has 0 fully saturated rings. The fraction of sp³-hybridized carbons (Fsp3) is 0.100. The van der Waals surface area contributed by atoms with Crippen LogP contribution in [0.15, 0.2) is 18.2 Å². The summed E-state index contributed by atoms with van der Waals surface area (Å²) in [6.45, 7) is 0. The van der Waals surface area contributed by atoms with Crippen molar-refractivity contribution < 1.29 is 19.7 Å². The average molecular weight is 250 g/mol. The quantitative estimate of drug-likeness (QED) is 0.588. The molecule has 0 spiro atoms. The maximum atomic E-state index is 11.8. The highest BCUT2D eigenvalue weighted by Gasteiger charge is 2.14. The average Bonchev–Trinajstić information content (AvgIpc) is 2.80. The SMILES string of the molecule is COc1n[nH]c(NC(=O)c2cc(O)ccc2O)n1. The van der Waals surface area contributed by atoms with Crippen molar-refractivity contribution in [3.63, 3.8) is 0 Å². The number of anilines is 1. The highest BCUT2D eigenvalue weighted by atomic mass is 16.5. The van der Waals surface area contributed by atoms with E-state index in [1.165, 1.54) is 19.2 Å². The second-order valence-corrected chi connectivity index (χ2v) is 3.33. The number of hydrogen-bond donors (Lipinski definition) is 4. The van der Waals surface area contributed by atoms with E-state index in [9.17, 15) is 15.0 Å². The zero-order chi connectivity index (χ0) is 13.1. The number of benzene rings is 1. The summed E-state index contributed by atoms with van der Waals surface area (Å²) in [7, 11) is 1.38. The van der Waals surface area contributed by atoms with Crippen molar-refractivity contribution in [3.05, 3.63) is 23.8 Å². The molecule has 2 rings (SSSR count). The molecule has 0 bridgehead atoms. The summed E-state index contributed by atoms with van der Waals surface area (Å²) < 4.78 is 4.73. The first-order valence-corrected chi connectivity index (χ1v) is 4.90. The van der Waals surface area contributed by atoms with E-state index < -0.39 is 5.91 Å². The van der Waals surface area contributed by atoms with Gasteiger partial charge >= 0.3 is 6.01 Å². The number of nitrogens with zero attached hydrogens (tertiary/aromatic N) is 2. The van der Waals surface area contributed by atoms with Crippen molar-refractivity contribution in [2.75, 3.05) is 12.4 Å². The molecule has 0 aliphatic rings. The number of nitrogens with one attached hydrogen (secondary N) is 2. The Morgan fingerprint density at radius 3 is 2.89 bits per heavy atom. The largest absolute Gasteiger partial charge is 0.508 e. The molecule has 4 N–H and O–H groups in total. The van der Waals surface area contributed by atoms with E-state index in [-0.39, 0.29) is 29.0 Å². The predicted octanol–water partition coefficient (Wildman–Crippen LogP) is 0.477. The number of aromatic amines is 1. The van der Waals surface area contributed by atoms with E-state index >= 15 is 0 Å². The number of phenols is 2. The lowest BCUT2D eigenvalue weighted by Gasteiger charge is -2.04. The van der Waals surface area contributed by atoms with Crippen molar-refractivity contribution in [3.8, 4) is 17.5 Å². The third-order valence-corrected chi connectivity index (χ3v) is 2.10. The van der Waals surface area contributed by atoms with Crippen LogP contribution in [0.3, 0.4) is 0 Å². The standard InChI is InChI=1S/C10H10N4O4/c1-18-10-12-9(13-14-10)11-8(17)6-4-5(15)2-3-7(6)16/h2-4,15-16H,1H3,(H2,11,12,13,14,17). The number of ether oxygens (including phenoxy) is 1. The number of carbonyl (C=O) groups excluding carboxylic acids is 1. The minimum Gasteiger partial charge on any atom is -0.508 e. The van der Waals surface area contributed by atoms with E-state index in [1.807, 2.05) is 0 Å². The maximum absolute atomic E-state index is 11.8. The Bertz CT molecular complexity index is 581. The van der Waals surface area contributed by atoms with Gasteiger partial charge in [0.2, 0.25) is 5.95 Å². The molecule has 8 heteroatoms. The van der Waals surface area contributed by atoms with E-state index in [2.05, 4.69) is 20.5 Å².